The van der Waals surface area contributed by atoms with Gasteiger partial charge in [-0.15, -0.1) is 0 Å². The molecule has 0 atom stereocenters. The standard InChI is InChI=1S/C63H45F6N3O2/c1-62(2,43-16-26-59(70-35-43)52-24-21-47(66)31-57(52)68)73-49-28-42(29-50(33-49)74-63(3,4)44-17-27-60(71-36-44)53-25-22-48(67)32-58(53)69)54-30-46(65)20-23-51(54)56-37-72-61(41-14-18-45(64)19-15-41)34-55(56)40-12-10-39(11-13-40)38-8-6-5-7-9-38/h5-37H,1-4H3. The minimum Gasteiger partial charge on any atom is -0.483 e. The number of ether oxygens (including phenoxy) is 2. The van der Waals surface area contributed by atoms with E-state index in [0.29, 0.717) is 67.5 Å². The molecule has 11 heteroatoms. The topological polar surface area (TPSA) is 57.1 Å². The highest BCUT2D eigenvalue weighted by Gasteiger charge is 2.28. The second kappa shape index (κ2) is 20.0. The van der Waals surface area contributed by atoms with Crippen LogP contribution >= 0.6 is 0 Å². The molecule has 0 fully saturated rings. The Kier molecular flexibility index (Phi) is 13.2. The number of hydrogen-bond donors (Lipinski definition) is 0. The molecule has 0 amide bonds. The molecular formula is C63H45F6N3O2. The van der Waals surface area contributed by atoms with E-state index in [1.165, 1.54) is 48.5 Å². The summed E-state index contributed by atoms with van der Waals surface area (Å²) >= 11 is 0. The first-order valence-corrected chi connectivity index (χ1v) is 23.7. The van der Waals surface area contributed by atoms with Crippen molar-refractivity contribution in [3.63, 3.8) is 0 Å². The van der Waals surface area contributed by atoms with Crippen LogP contribution in [0.25, 0.3) is 78.3 Å². The van der Waals surface area contributed by atoms with Crippen LogP contribution in [0, 0.1) is 34.9 Å². The van der Waals surface area contributed by atoms with E-state index >= 15 is 4.39 Å². The smallest absolute Gasteiger partial charge is 0.135 e. The van der Waals surface area contributed by atoms with Crippen LogP contribution in [0.4, 0.5) is 26.3 Å². The fourth-order valence-electron chi connectivity index (χ4n) is 8.92. The van der Waals surface area contributed by atoms with Crippen LogP contribution < -0.4 is 9.47 Å². The molecule has 3 aromatic heterocycles. The molecule has 0 saturated heterocycles. The van der Waals surface area contributed by atoms with Crippen molar-refractivity contribution in [1.29, 1.82) is 0 Å². The van der Waals surface area contributed by atoms with Gasteiger partial charge in [-0.25, -0.2) is 26.3 Å². The van der Waals surface area contributed by atoms with Gasteiger partial charge in [0.25, 0.3) is 0 Å². The zero-order chi connectivity index (χ0) is 51.7. The Bertz CT molecular complexity index is 3530. The van der Waals surface area contributed by atoms with Gasteiger partial charge in [-0.05, 0) is 158 Å². The van der Waals surface area contributed by atoms with Gasteiger partial charge < -0.3 is 9.47 Å². The van der Waals surface area contributed by atoms with Crippen molar-refractivity contribution in [2.24, 2.45) is 0 Å². The summed E-state index contributed by atoms with van der Waals surface area (Å²) in [6, 6.07) is 49.4. The van der Waals surface area contributed by atoms with Gasteiger partial charge in [0.05, 0.1) is 17.1 Å². The average Bonchev–Trinajstić information content (AvgIpc) is 3.39. The molecule has 0 aliphatic carbocycles. The van der Waals surface area contributed by atoms with Crippen molar-refractivity contribution in [3.05, 3.63) is 247 Å². The molecule has 0 aliphatic heterocycles. The lowest BCUT2D eigenvalue weighted by Gasteiger charge is -2.30. The van der Waals surface area contributed by atoms with E-state index in [1.54, 1.807) is 79.3 Å². The van der Waals surface area contributed by atoms with Crippen molar-refractivity contribution in [2.75, 3.05) is 0 Å². The molecule has 10 rings (SSSR count). The Labute approximate surface area is 424 Å². The van der Waals surface area contributed by atoms with Crippen molar-refractivity contribution >= 4 is 0 Å². The number of rotatable bonds is 13. The summed E-state index contributed by atoms with van der Waals surface area (Å²) in [5, 5.41) is 0. The Hall–Kier alpha value is -8.83. The summed E-state index contributed by atoms with van der Waals surface area (Å²) in [6.45, 7) is 7.36. The molecule has 0 unspecified atom stereocenters. The van der Waals surface area contributed by atoms with E-state index in [0.717, 1.165) is 34.4 Å². The van der Waals surface area contributed by atoms with Gasteiger partial charge in [-0.1, -0.05) is 72.8 Å². The summed E-state index contributed by atoms with van der Waals surface area (Å²) in [5.41, 5.74) is 7.32. The second-order valence-corrected chi connectivity index (χ2v) is 18.8. The molecule has 0 spiro atoms. The number of hydrogen-bond acceptors (Lipinski definition) is 5. The Balaban J connectivity index is 1.08. The van der Waals surface area contributed by atoms with Crippen LogP contribution in [0.1, 0.15) is 38.8 Å². The van der Waals surface area contributed by atoms with Gasteiger partial charge >= 0.3 is 0 Å². The quantitative estimate of drug-likeness (QED) is 0.108. The maximum atomic E-state index is 15.9. The van der Waals surface area contributed by atoms with E-state index < -0.39 is 40.3 Å². The molecule has 7 aromatic carbocycles. The number of nitrogens with zero attached hydrogens (tertiary/aromatic N) is 3. The van der Waals surface area contributed by atoms with E-state index in [4.69, 9.17) is 14.5 Å². The van der Waals surface area contributed by atoms with E-state index in [1.807, 2.05) is 88.4 Å². The maximum Gasteiger partial charge on any atom is 0.135 e. The van der Waals surface area contributed by atoms with E-state index in [9.17, 15) is 22.0 Å². The predicted molar refractivity (Wildman–Crippen MR) is 278 cm³/mol. The van der Waals surface area contributed by atoms with Crippen LogP contribution in [0.3, 0.4) is 0 Å². The first-order chi connectivity index (χ1) is 35.6. The molecule has 10 aromatic rings. The zero-order valence-electron chi connectivity index (χ0n) is 40.5. The molecule has 0 bridgehead atoms. The highest BCUT2D eigenvalue weighted by atomic mass is 19.2. The largest absolute Gasteiger partial charge is 0.483 e. The minimum atomic E-state index is -1.07. The number of halogens is 6. The summed E-state index contributed by atoms with van der Waals surface area (Å²) in [6.07, 6.45) is 4.87. The van der Waals surface area contributed by atoms with Gasteiger partial charge in [0.15, 0.2) is 0 Å². The maximum absolute atomic E-state index is 15.9. The molecule has 0 radical (unpaired) electrons. The number of pyridine rings is 3. The Morgan fingerprint density at radius 2 is 0.757 bits per heavy atom. The lowest BCUT2D eigenvalue weighted by atomic mass is 9.89. The third-order valence-corrected chi connectivity index (χ3v) is 12.9. The second-order valence-electron chi connectivity index (χ2n) is 18.8. The van der Waals surface area contributed by atoms with Gasteiger partial charge in [0, 0.05) is 70.2 Å². The minimum absolute atomic E-state index is 0.139. The average molecular weight is 990 g/mol. The van der Waals surface area contributed by atoms with Gasteiger partial charge in [0.1, 0.15) is 57.6 Å². The number of benzene rings is 7. The third kappa shape index (κ3) is 10.4. The van der Waals surface area contributed by atoms with Crippen LogP contribution in [-0.4, -0.2) is 15.0 Å². The Morgan fingerprint density at radius 3 is 1.27 bits per heavy atom. The van der Waals surface area contributed by atoms with E-state index in [2.05, 4.69) is 9.97 Å². The molecule has 0 saturated carbocycles. The predicted octanol–water partition coefficient (Wildman–Crippen LogP) is 17.0. The van der Waals surface area contributed by atoms with Crippen molar-refractivity contribution < 1.29 is 35.8 Å². The molecular weight excluding hydrogens is 945 g/mol. The first-order valence-electron chi connectivity index (χ1n) is 23.7. The van der Waals surface area contributed by atoms with E-state index in [-0.39, 0.29) is 16.9 Å². The van der Waals surface area contributed by atoms with Gasteiger partial charge in [-0.3, -0.25) is 15.0 Å². The lowest BCUT2D eigenvalue weighted by molar-refractivity contribution is 0.0989. The molecule has 0 N–H and O–H groups in total. The van der Waals surface area contributed by atoms with Gasteiger partial charge in [0.2, 0.25) is 0 Å². The normalized spacial score (nSPS) is 11.6. The van der Waals surface area contributed by atoms with Crippen LogP contribution in [0.15, 0.2) is 201 Å². The van der Waals surface area contributed by atoms with Crippen LogP contribution in [0.2, 0.25) is 0 Å². The third-order valence-electron chi connectivity index (χ3n) is 12.9. The number of aromatic nitrogens is 3. The summed E-state index contributed by atoms with van der Waals surface area (Å²) in [5.74, 6) is -3.09. The van der Waals surface area contributed by atoms with Crippen LogP contribution in [0.5, 0.6) is 11.5 Å². The van der Waals surface area contributed by atoms with Crippen molar-refractivity contribution in [2.45, 2.75) is 38.9 Å². The summed E-state index contributed by atoms with van der Waals surface area (Å²) < 4.78 is 101. The fourth-order valence-corrected chi connectivity index (χ4v) is 8.92. The first kappa shape index (κ1) is 48.8. The SMILES string of the molecule is CC(C)(Oc1cc(OC(C)(C)c2ccc(-c3ccc(F)cc3F)nc2)cc(-c2cc(F)ccc2-c2cnc(-c3ccc(F)cc3)cc2-c2ccc(-c3ccccc3)cc2)c1)c1ccc(-c2ccc(F)cc2F)nc1. The highest BCUT2D eigenvalue weighted by Crippen LogP contribution is 2.44. The molecule has 5 nitrogen and oxygen atoms in total. The molecule has 366 valence electrons. The fraction of sp³-hybridized carbons (Fsp3) is 0.0952. The van der Waals surface area contributed by atoms with Crippen LogP contribution in [-0.2, 0) is 11.2 Å². The van der Waals surface area contributed by atoms with Crippen molar-refractivity contribution in [3.8, 4) is 89.8 Å². The molecule has 3 heterocycles. The highest BCUT2D eigenvalue weighted by molar-refractivity contribution is 5.93. The lowest BCUT2D eigenvalue weighted by Crippen LogP contribution is -2.26. The monoisotopic (exact) mass is 989 g/mol. The summed E-state index contributed by atoms with van der Waals surface area (Å²) in [7, 11) is 0. The summed E-state index contributed by atoms with van der Waals surface area (Å²) in [4.78, 5) is 13.9. The van der Waals surface area contributed by atoms with Gasteiger partial charge in [-0.2, -0.15) is 0 Å². The Morgan fingerprint density at radius 1 is 0.311 bits per heavy atom. The van der Waals surface area contributed by atoms with Crippen molar-refractivity contribution in [1.82, 2.24) is 15.0 Å². The zero-order valence-corrected chi connectivity index (χ0v) is 40.5. The molecule has 74 heavy (non-hydrogen) atoms. The molecule has 0 aliphatic rings.